The topological polar surface area (TPSA) is 12.5 Å². The Hall–Kier alpha value is -0.0400. The van der Waals surface area contributed by atoms with Crippen LogP contribution in [0.2, 0.25) is 0 Å². The first-order valence-electron chi connectivity index (χ1n) is 3.84. The molecule has 0 N–H and O–H groups in total. The Morgan fingerprint density at radius 2 is 2.11 bits per heavy atom. The molecule has 1 heteroatoms. The maximum Gasteiger partial charge on any atom is 0.0810 e. The Balaban J connectivity index is 1.71. The predicted molar refractivity (Wildman–Crippen MR) is 38.2 cm³/mol. The fourth-order valence-electron chi connectivity index (χ4n) is 0.960. The zero-order valence-corrected chi connectivity index (χ0v) is 5.94. The molecule has 0 aliphatic carbocycles. The number of ether oxygens (including phenoxy) is 1. The van der Waals surface area contributed by atoms with Gasteiger partial charge in [-0.2, -0.15) is 0 Å². The van der Waals surface area contributed by atoms with E-state index in [0.717, 1.165) is 13.0 Å². The molecule has 1 saturated heterocycles. The third-order valence-electron chi connectivity index (χ3n) is 1.68. The van der Waals surface area contributed by atoms with E-state index in [2.05, 4.69) is 6.92 Å². The summed E-state index contributed by atoms with van der Waals surface area (Å²) in [4.78, 5) is 0. The van der Waals surface area contributed by atoms with E-state index < -0.39 is 0 Å². The Bertz CT molecular complexity index is 67.0. The van der Waals surface area contributed by atoms with Gasteiger partial charge in [-0.15, -0.1) is 0 Å². The molecule has 0 aromatic carbocycles. The summed E-state index contributed by atoms with van der Waals surface area (Å²) >= 11 is 0. The highest BCUT2D eigenvalue weighted by molar-refractivity contribution is 4.68. The van der Waals surface area contributed by atoms with Gasteiger partial charge in [0.15, 0.2) is 0 Å². The van der Waals surface area contributed by atoms with Crippen LogP contribution in [-0.4, -0.2) is 12.7 Å². The monoisotopic (exact) mass is 127 g/mol. The number of rotatable bonds is 5. The summed E-state index contributed by atoms with van der Waals surface area (Å²) in [6.45, 7) is 4.80. The standard InChI is InChI=1S/C8H15O/c1-2-3-4-5-6-8-7-9-8/h8H,1-7H2. The Kier molecular flexibility index (Phi) is 3.05. The van der Waals surface area contributed by atoms with E-state index >= 15 is 0 Å². The summed E-state index contributed by atoms with van der Waals surface area (Å²) in [7, 11) is 0. The summed E-state index contributed by atoms with van der Waals surface area (Å²) in [5.41, 5.74) is 0. The van der Waals surface area contributed by atoms with Crippen molar-refractivity contribution in [3.8, 4) is 0 Å². The minimum absolute atomic E-state index is 0.634. The number of hydrogen-bond donors (Lipinski definition) is 0. The van der Waals surface area contributed by atoms with Crippen molar-refractivity contribution in [2.45, 2.75) is 38.2 Å². The van der Waals surface area contributed by atoms with E-state index in [9.17, 15) is 0 Å². The molecular formula is C8H15O. The average Bonchev–Trinajstić information content (AvgIpc) is 2.63. The maximum atomic E-state index is 5.07. The van der Waals surface area contributed by atoms with Crippen molar-refractivity contribution in [2.75, 3.05) is 6.61 Å². The lowest BCUT2D eigenvalue weighted by Gasteiger charge is -1.93. The lowest BCUT2D eigenvalue weighted by molar-refractivity contribution is 0.388. The first kappa shape index (κ1) is 7.07. The summed E-state index contributed by atoms with van der Waals surface area (Å²) in [5, 5.41) is 0. The van der Waals surface area contributed by atoms with Crippen LogP contribution in [0.4, 0.5) is 0 Å². The molecule has 1 heterocycles. The van der Waals surface area contributed by atoms with Crippen LogP contribution < -0.4 is 0 Å². The van der Waals surface area contributed by atoms with Gasteiger partial charge in [0, 0.05) is 0 Å². The highest BCUT2D eigenvalue weighted by Crippen LogP contribution is 2.17. The Morgan fingerprint density at radius 1 is 1.33 bits per heavy atom. The molecule has 9 heavy (non-hydrogen) atoms. The molecule has 0 saturated carbocycles. The molecule has 1 atom stereocenters. The molecule has 0 spiro atoms. The van der Waals surface area contributed by atoms with Crippen molar-refractivity contribution < 1.29 is 4.74 Å². The molecule has 1 aliphatic rings. The van der Waals surface area contributed by atoms with Crippen molar-refractivity contribution in [2.24, 2.45) is 0 Å². The highest BCUT2D eigenvalue weighted by Gasteiger charge is 2.20. The van der Waals surface area contributed by atoms with E-state index in [-0.39, 0.29) is 0 Å². The molecule has 1 fully saturated rings. The second-order valence-corrected chi connectivity index (χ2v) is 2.66. The molecule has 1 aliphatic heterocycles. The second-order valence-electron chi connectivity index (χ2n) is 2.66. The van der Waals surface area contributed by atoms with Crippen LogP contribution >= 0.6 is 0 Å². The largest absolute Gasteiger partial charge is 0.373 e. The first-order valence-corrected chi connectivity index (χ1v) is 3.84. The SMILES string of the molecule is [CH2]CCCCCC1CO1. The summed E-state index contributed by atoms with van der Waals surface area (Å²) in [6.07, 6.45) is 6.96. The second kappa shape index (κ2) is 3.89. The molecule has 0 amide bonds. The molecule has 1 unspecified atom stereocenters. The van der Waals surface area contributed by atoms with E-state index in [0.29, 0.717) is 6.10 Å². The Morgan fingerprint density at radius 3 is 2.67 bits per heavy atom. The highest BCUT2D eigenvalue weighted by atomic mass is 16.6. The average molecular weight is 127 g/mol. The maximum absolute atomic E-state index is 5.07. The van der Waals surface area contributed by atoms with E-state index in [1.807, 2.05) is 0 Å². The van der Waals surface area contributed by atoms with Gasteiger partial charge in [-0.05, 0) is 6.42 Å². The van der Waals surface area contributed by atoms with Crippen LogP contribution in [0.3, 0.4) is 0 Å². The van der Waals surface area contributed by atoms with Gasteiger partial charge in [0.25, 0.3) is 0 Å². The summed E-state index contributed by atoms with van der Waals surface area (Å²) in [6, 6.07) is 0. The number of hydrogen-bond acceptors (Lipinski definition) is 1. The zero-order valence-electron chi connectivity index (χ0n) is 5.94. The molecule has 0 aromatic rings. The van der Waals surface area contributed by atoms with Gasteiger partial charge in [-0.25, -0.2) is 0 Å². The van der Waals surface area contributed by atoms with Crippen LogP contribution in [-0.2, 0) is 4.74 Å². The van der Waals surface area contributed by atoms with Crippen molar-refractivity contribution in [1.29, 1.82) is 0 Å². The molecule has 1 radical (unpaired) electrons. The fraction of sp³-hybridized carbons (Fsp3) is 0.875. The van der Waals surface area contributed by atoms with Crippen LogP contribution in [0.25, 0.3) is 0 Å². The van der Waals surface area contributed by atoms with Crippen LogP contribution in [0.5, 0.6) is 0 Å². The first-order chi connectivity index (χ1) is 4.43. The third-order valence-corrected chi connectivity index (χ3v) is 1.68. The summed E-state index contributed by atoms with van der Waals surface area (Å²) in [5.74, 6) is 0. The third kappa shape index (κ3) is 3.52. The zero-order chi connectivity index (χ0) is 6.53. The molecule has 1 nitrogen and oxygen atoms in total. The molecular weight excluding hydrogens is 112 g/mol. The van der Waals surface area contributed by atoms with E-state index in [1.54, 1.807) is 0 Å². The Labute approximate surface area is 57.4 Å². The van der Waals surface area contributed by atoms with Crippen LogP contribution in [0, 0.1) is 6.92 Å². The molecule has 1 rings (SSSR count). The van der Waals surface area contributed by atoms with Gasteiger partial charge >= 0.3 is 0 Å². The van der Waals surface area contributed by atoms with Gasteiger partial charge in [0.1, 0.15) is 0 Å². The van der Waals surface area contributed by atoms with E-state index in [4.69, 9.17) is 4.74 Å². The predicted octanol–water partition coefficient (Wildman–Crippen LogP) is 2.17. The smallest absolute Gasteiger partial charge is 0.0810 e. The number of epoxide rings is 1. The lowest BCUT2D eigenvalue weighted by Crippen LogP contribution is -1.84. The molecule has 0 aromatic heterocycles. The molecule has 53 valence electrons. The van der Waals surface area contributed by atoms with Gasteiger partial charge < -0.3 is 4.74 Å². The van der Waals surface area contributed by atoms with Crippen molar-refractivity contribution in [3.05, 3.63) is 6.92 Å². The normalized spacial score (nSPS) is 24.3. The van der Waals surface area contributed by atoms with Gasteiger partial charge in [-0.1, -0.05) is 32.6 Å². The minimum atomic E-state index is 0.634. The van der Waals surface area contributed by atoms with Crippen molar-refractivity contribution in [1.82, 2.24) is 0 Å². The molecule has 0 bridgehead atoms. The summed E-state index contributed by atoms with van der Waals surface area (Å²) < 4.78 is 5.07. The van der Waals surface area contributed by atoms with Crippen LogP contribution in [0.1, 0.15) is 32.1 Å². The van der Waals surface area contributed by atoms with Crippen molar-refractivity contribution in [3.63, 3.8) is 0 Å². The van der Waals surface area contributed by atoms with Crippen LogP contribution in [0.15, 0.2) is 0 Å². The minimum Gasteiger partial charge on any atom is -0.373 e. The lowest BCUT2D eigenvalue weighted by atomic mass is 10.1. The van der Waals surface area contributed by atoms with E-state index in [1.165, 1.54) is 25.7 Å². The number of unbranched alkanes of at least 4 members (excludes halogenated alkanes) is 3. The van der Waals surface area contributed by atoms with Crippen molar-refractivity contribution >= 4 is 0 Å². The quantitative estimate of drug-likeness (QED) is 0.407. The van der Waals surface area contributed by atoms with Gasteiger partial charge in [-0.3, -0.25) is 0 Å². The fourth-order valence-corrected chi connectivity index (χ4v) is 0.960. The van der Waals surface area contributed by atoms with Gasteiger partial charge in [0.2, 0.25) is 0 Å². The van der Waals surface area contributed by atoms with Gasteiger partial charge in [0.05, 0.1) is 12.7 Å².